The molecule has 0 spiro atoms. The molecule has 3 aromatic heterocycles. The minimum absolute atomic E-state index is 0.378. The Kier molecular flexibility index (Phi) is 3.47. The largest absolute Gasteiger partial charge is 0.384 e. The number of fused-ring (bicyclic) bond motifs is 1. The summed E-state index contributed by atoms with van der Waals surface area (Å²) < 4.78 is 3.45. The van der Waals surface area contributed by atoms with E-state index in [9.17, 15) is 0 Å². The molecular weight excluding hydrogens is 292 g/mol. The highest BCUT2D eigenvalue weighted by Gasteiger charge is 2.17. The van der Waals surface area contributed by atoms with E-state index in [1.54, 1.807) is 15.4 Å². The Labute approximate surface area is 133 Å². The van der Waals surface area contributed by atoms with Gasteiger partial charge in [0.05, 0.1) is 12.4 Å². The van der Waals surface area contributed by atoms with Gasteiger partial charge in [0.1, 0.15) is 5.82 Å². The third-order valence-corrected chi connectivity index (χ3v) is 4.15. The van der Waals surface area contributed by atoms with Crippen molar-refractivity contribution in [3.63, 3.8) is 0 Å². The first-order chi connectivity index (χ1) is 11.2. The molecule has 4 N–H and O–H groups in total. The van der Waals surface area contributed by atoms with Gasteiger partial charge in [-0.25, -0.2) is 4.98 Å². The second-order valence-corrected chi connectivity index (χ2v) is 5.93. The lowest BCUT2D eigenvalue weighted by Gasteiger charge is -2.24. The van der Waals surface area contributed by atoms with Crippen LogP contribution in [0.3, 0.4) is 0 Å². The number of anilines is 1. The summed E-state index contributed by atoms with van der Waals surface area (Å²) in [5.74, 6) is 0.601. The van der Waals surface area contributed by atoms with Crippen molar-refractivity contribution in [2.24, 2.45) is 7.05 Å². The quantitative estimate of drug-likeness (QED) is 0.620. The summed E-state index contributed by atoms with van der Waals surface area (Å²) in [5, 5.41) is 15.5. The van der Waals surface area contributed by atoms with Crippen LogP contribution in [0.5, 0.6) is 0 Å². The molecule has 8 heteroatoms. The van der Waals surface area contributed by atoms with Crippen molar-refractivity contribution in [1.82, 2.24) is 35.0 Å². The summed E-state index contributed by atoms with van der Waals surface area (Å²) in [6.45, 7) is 2.94. The van der Waals surface area contributed by atoms with Crippen molar-refractivity contribution < 1.29 is 0 Å². The van der Waals surface area contributed by atoms with Crippen molar-refractivity contribution in [3.8, 4) is 11.1 Å². The first-order valence-corrected chi connectivity index (χ1v) is 7.77. The van der Waals surface area contributed by atoms with E-state index in [0.717, 1.165) is 48.5 Å². The van der Waals surface area contributed by atoms with Gasteiger partial charge in [-0.1, -0.05) is 0 Å². The molecule has 0 aliphatic carbocycles. The van der Waals surface area contributed by atoms with Gasteiger partial charge >= 0.3 is 0 Å². The van der Waals surface area contributed by atoms with Crippen LogP contribution in [0.4, 0.5) is 5.82 Å². The first-order valence-electron chi connectivity index (χ1n) is 7.77. The summed E-state index contributed by atoms with van der Waals surface area (Å²) in [7, 11) is 1.89. The maximum Gasteiger partial charge on any atom is 0.165 e. The molecule has 4 rings (SSSR count). The molecule has 1 unspecified atom stereocenters. The van der Waals surface area contributed by atoms with E-state index < -0.39 is 0 Å². The fourth-order valence-corrected chi connectivity index (χ4v) is 3.02. The molecule has 1 fully saturated rings. The summed E-state index contributed by atoms with van der Waals surface area (Å²) in [5.41, 5.74) is 9.85. The predicted molar refractivity (Wildman–Crippen MR) is 88.0 cm³/mol. The maximum absolute atomic E-state index is 6.16. The Hall–Kier alpha value is -2.45. The van der Waals surface area contributed by atoms with Crippen LogP contribution in [-0.4, -0.2) is 50.1 Å². The third-order valence-electron chi connectivity index (χ3n) is 4.15. The van der Waals surface area contributed by atoms with E-state index in [1.165, 1.54) is 0 Å². The van der Waals surface area contributed by atoms with Crippen LogP contribution in [0.25, 0.3) is 16.8 Å². The van der Waals surface area contributed by atoms with E-state index in [0.29, 0.717) is 11.9 Å². The smallest absolute Gasteiger partial charge is 0.165 e. The van der Waals surface area contributed by atoms with Crippen molar-refractivity contribution in [2.45, 2.75) is 12.5 Å². The number of nitrogens with one attached hydrogen (secondary N) is 2. The van der Waals surface area contributed by atoms with Crippen molar-refractivity contribution in [3.05, 3.63) is 30.4 Å². The van der Waals surface area contributed by atoms with Gasteiger partial charge in [0.25, 0.3) is 0 Å². The van der Waals surface area contributed by atoms with E-state index in [4.69, 9.17) is 10.7 Å². The number of hydrogen-bond donors (Lipinski definition) is 3. The third kappa shape index (κ3) is 2.66. The van der Waals surface area contributed by atoms with E-state index in [1.807, 2.05) is 25.5 Å². The van der Waals surface area contributed by atoms with E-state index in [2.05, 4.69) is 20.8 Å². The van der Waals surface area contributed by atoms with Gasteiger partial charge in [0, 0.05) is 68.2 Å². The van der Waals surface area contributed by atoms with E-state index >= 15 is 0 Å². The summed E-state index contributed by atoms with van der Waals surface area (Å²) in [6.07, 6.45) is 6.40. The van der Waals surface area contributed by atoms with Gasteiger partial charge in [0.2, 0.25) is 0 Å². The van der Waals surface area contributed by atoms with Crippen LogP contribution < -0.4 is 16.4 Å². The fraction of sp³-hybridized carbons (Fsp3) is 0.400. The Morgan fingerprint density at radius 1 is 1.30 bits per heavy atom. The SMILES string of the molecule is Cn1cc(-c2cnn3c(N)cc(CC4CNCCN4)nc23)cn1. The zero-order chi connectivity index (χ0) is 15.8. The lowest BCUT2D eigenvalue weighted by atomic mass is 10.1. The van der Waals surface area contributed by atoms with E-state index in [-0.39, 0.29) is 0 Å². The zero-order valence-corrected chi connectivity index (χ0v) is 13.0. The molecule has 23 heavy (non-hydrogen) atoms. The number of nitrogens with zero attached hydrogens (tertiary/aromatic N) is 5. The molecule has 4 heterocycles. The second kappa shape index (κ2) is 5.64. The van der Waals surface area contributed by atoms with Gasteiger partial charge < -0.3 is 16.4 Å². The van der Waals surface area contributed by atoms with Gasteiger partial charge in [-0.05, 0) is 0 Å². The molecule has 0 radical (unpaired) electrons. The van der Waals surface area contributed by atoms with Crippen LogP contribution in [0.2, 0.25) is 0 Å². The van der Waals surface area contributed by atoms with Gasteiger partial charge in [-0.15, -0.1) is 0 Å². The normalized spacial score (nSPS) is 18.6. The molecule has 0 saturated carbocycles. The first kappa shape index (κ1) is 14.2. The second-order valence-electron chi connectivity index (χ2n) is 5.93. The minimum Gasteiger partial charge on any atom is -0.384 e. The highest BCUT2D eigenvalue weighted by Crippen LogP contribution is 2.24. The average Bonchev–Trinajstić information content (AvgIpc) is 3.14. The Morgan fingerprint density at radius 2 is 2.22 bits per heavy atom. The van der Waals surface area contributed by atoms with Crippen molar-refractivity contribution in [2.75, 3.05) is 25.4 Å². The Balaban J connectivity index is 1.72. The number of nitrogen functional groups attached to an aromatic ring is 1. The average molecular weight is 312 g/mol. The highest BCUT2D eigenvalue weighted by atomic mass is 15.3. The van der Waals surface area contributed by atoms with Crippen LogP contribution >= 0.6 is 0 Å². The fourth-order valence-electron chi connectivity index (χ4n) is 3.02. The topological polar surface area (TPSA) is 98.1 Å². The summed E-state index contributed by atoms with van der Waals surface area (Å²) in [4.78, 5) is 4.79. The van der Waals surface area contributed by atoms with Crippen LogP contribution in [0, 0.1) is 0 Å². The van der Waals surface area contributed by atoms with Crippen LogP contribution in [-0.2, 0) is 13.5 Å². The number of aromatic nitrogens is 5. The summed E-state index contributed by atoms with van der Waals surface area (Å²) >= 11 is 0. The molecule has 0 amide bonds. The van der Waals surface area contributed by atoms with Gasteiger partial charge in [0.15, 0.2) is 5.65 Å². The van der Waals surface area contributed by atoms with Gasteiger partial charge in [-0.3, -0.25) is 4.68 Å². The molecule has 0 bridgehead atoms. The molecule has 1 saturated heterocycles. The number of hydrogen-bond acceptors (Lipinski definition) is 6. The standard InChI is InChI=1S/C15H20N8/c1-22-9-10(6-19-22)13-8-20-23-14(16)5-11(21-15(13)23)4-12-7-17-2-3-18-12/h5-6,8-9,12,17-18H,2-4,7,16H2,1H3. The Morgan fingerprint density at radius 3 is 2.96 bits per heavy atom. The molecule has 1 aliphatic heterocycles. The number of aryl methyl sites for hydroxylation is 1. The molecule has 1 aliphatic rings. The van der Waals surface area contributed by atoms with Crippen molar-refractivity contribution in [1.29, 1.82) is 0 Å². The molecule has 3 aromatic rings. The van der Waals surface area contributed by atoms with Crippen molar-refractivity contribution >= 4 is 11.5 Å². The maximum atomic E-state index is 6.16. The van der Waals surface area contributed by atoms with Gasteiger partial charge in [-0.2, -0.15) is 14.7 Å². The highest BCUT2D eigenvalue weighted by molar-refractivity contribution is 5.77. The lowest BCUT2D eigenvalue weighted by molar-refractivity contribution is 0.414. The minimum atomic E-state index is 0.378. The summed E-state index contributed by atoms with van der Waals surface area (Å²) in [6, 6.07) is 2.28. The number of piperazine rings is 1. The molecule has 120 valence electrons. The number of nitrogens with two attached hydrogens (primary N) is 1. The van der Waals surface area contributed by atoms with Crippen LogP contribution in [0.15, 0.2) is 24.7 Å². The molecule has 8 nitrogen and oxygen atoms in total. The van der Waals surface area contributed by atoms with Crippen LogP contribution in [0.1, 0.15) is 5.69 Å². The molecule has 1 atom stereocenters. The monoisotopic (exact) mass is 312 g/mol. The lowest BCUT2D eigenvalue weighted by Crippen LogP contribution is -2.49. The predicted octanol–water partition coefficient (Wildman–Crippen LogP) is -0.184. The Bertz CT molecular complexity index is 827. The molecule has 0 aromatic carbocycles. The number of rotatable bonds is 3. The zero-order valence-electron chi connectivity index (χ0n) is 13.0. The molecular formula is C15H20N8.